The van der Waals surface area contributed by atoms with Crippen molar-refractivity contribution in [3.63, 3.8) is 0 Å². The van der Waals surface area contributed by atoms with Crippen LogP contribution in [-0.2, 0) is 22.6 Å². The third-order valence-corrected chi connectivity index (χ3v) is 8.54. The van der Waals surface area contributed by atoms with Crippen LogP contribution >= 0.6 is 11.3 Å². The first-order valence-electron chi connectivity index (χ1n) is 15.2. The number of rotatable bonds is 12. The van der Waals surface area contributed by atoms with Crippen molar-refractivity contribution in [2.45, 2.75) is 46.8 Å². The molecule has 0 radical (unpaired) electrons. The number of nitrogens with zero attached hydrogens (tertiary/aromatic N) is 3. The molecule has 0 saturated carbocycles. The number of fused-ring (bicyclic) bond motifs is 1. The standard InChI is InChI=1S/C36H35N3O7S/c1-6-9-27-18-25(19-29(44-7-2)33(27)46-21-24-12-16-28(17-13-24)39(42)43)20-30-34(40)38-32(26-14-10-22(4)11-15-26)31(35(41)45-8-3)23(5)37-36(38)47-30/h6,10-20,32H,1,7-9,21H2,2-5H3/b30-20+/t32-/m1/s1. The number of nitro benzene ring substituents is 1. The van der Waals surface area contributed by atoms with Crippen molar-refractivity contribution >= 4 is 29.1 Å². The molecule has 0 spiro atoms. The number of esters is 1. The Morgan fingerprint density at radius 1 is 1.06 bits per heavy atom. The average molecular weight is 654 g/mol. The fourth-order valence-corrected chi connectivity index (χ4v) is 6.42. The van der Waals surface area contributed by atoms with Gasteiger partial charge in [-0.05, 0) is 81.1 Å². The molecule has 0 saturated heterocycles. The molecule has 2 heterocycles. The zero-order valence-corrected chi connectivity index (χ0v) is 27.5. The highest BCUT2D eigenvalue weighted by Crippen LogP contribution is 2.35. The fraction of sp³-hybridized carbons (Fsp3) is 0.250. The van der Waals surface area contributed by atoms with E-state index in [1.165, 1.54) is 23.5 Å². The molecule has 0 amide bonds. The van der Waals surface area contributed by atoms with Gasteiger partial charge < -0.3 is 14.2 Å². The minimum Gasteiger partial charge on any atom is -0.490 e. The molecular weight excluding hydrogens is 618 g/mol. The molecule has 0 bridgehead atoms. The second-order valence-corrected chi connectivity index (χ2v) is 11.9. The number of nitro groups is 1. The van der Waals surface area contributed by atoms with E-state index < -0.39 is 16.9 Å². The van der Waals surface area contributed by atoms with Crippen molar-refractivity contribution in [3.8, 4) is 11.5 Å². The Balaban J connectivity index is 1.59. The number of hydrogen-bond acceptors (Lipinski definition) is 9. The summed E-state index contributed by atoms with van der Waals surface area (Å²) in [4.78, 5) is 43.0. The van der Waals surface area contributed by atoms with Crippen LogP contribution in [0.25, 0.3) is 6.08 Å². The van der Waals surface area contributed by atoms with Crippen LogP contribution in [0.2, 0.25) is 0 Å². The van der Waals surface area contributed by atoms with E-state index in [0.717, 1.165) is 22.3 Å². The van der Waals surface area contributed by atoms with E-state index in [9.17, 15) is 19.7 Å². The van der Waals surface area contributed by atoms with Gasteiger partial charge in [0.15, 0.2) is 16.3 Å². The monoisotopic (exact) mass is 653 g/mol. The number of allylic oxidation sites excluding steroid dienone is 2. The first-order chi connectivity index (χ1) is 22.6. The number of non-ortho nitro benzene ring substituents is 1. The molecule has 11 heteroatoms. The van der Waals surface area contributed by atoms with E-state index in [2.05, 4.69) is 11.6 Å². The van der Waals surface area contributed by atoms with E-state index in [1.807, 2.05) is 50.2 Å². The molecule has 0 N–H and O–H groups in total. The zero-order chi connectivity index (χ0) is 33.7. The second-order valence-electron chi connectivity index (χ2n) is 10.9. The minimum absolute atomic E-state index is 0.00296. The Labute approximate surface area is 275 Å². The van der Waals surface area contributed by atoms with Gasteiger partial charge in [0.05, 0.1) is 40.0 Å². The predicted octanol–water partition coefficient (Wildman–Crippen LogP) is 5.72. The lowest BCUT2D eigenvalue weighted by atomic mass is 9.95. The smallest absolute Gasteiger partial charge is 0.338 e. The summed E-state index contributed by atoms with van der Waals surface area (Å²) in [5, 5.41) is 11.0. The van der Waals surface area contributed by atoms with Crippen LogP contribution in [0.5, 0.6) is 11.5 Å². The van der Waals surface area contributed by atoms with E-state index in [1.54, 1.807) is 42.7 Å². The fourth-order valence-electron chi connectivity index (χ4n) is 5.38. The summed E-state index contributed by atoms with van der Waals surface area (Å²) in [7, 11) is 0. The molecule has 3 aromatic carbocycles. The van der Waals surface area contributed by atoms with Crippen LogP contribution in [0.3, 0.4) is 0 Å². The van der Waals surface area contributed by atoms with Crippen molar-refractivity contribution in [1.82, 2.24) is 4.57 Å². The molecule has 1 aliphatic rings. The topological polar surface area (TPSA) is 122 Å². The Morgan fingerprint density at radius 3 is 2.43 bits per heavy atom. The summed E-state index contributed by atoms with van der Waals surface area (Å²) in [6.45, 7) is 12.0. The summed E-state index contributed by atoms with van der Waals surface area (Å²) in [5.74, 6) is 0.511. The first kappa shape index (κ1) is 33.1. The number of aromatic nitrogens is 1. The molecule has 0 unspecified atom stereocenters. The molecule has 47 heavy (non-hydrogen) atoms. The van der Waals surface area contributed by atoms with Gasteiger partial charge in [-0.15, -0.1) is 6.58 Å². The van der Waals surface area contributed by atoms with Crippen molar-refractivity contribution < 1.29 is 23.9 Å². The van der Waals surface area contributed by atoms with E-state index >= 15 is 0 Å². The number of aryl methyl sites for hydroxylation is 1. The maximum atomic E-state index is 14.1. The third kappa shape index (κ3) is 7.10. The van der Waals surface area contributed by atoms with Crippen molar-refractivity contribution in [3.05, 3.63) is 142 Å². The van der Waals surface area contributed by atoms with E-state index in [0.29, 0.717) is 50.7 Å². The average Bonchev–Trinajstić information content (AvgIpc) is 3.34. The number of carbonyl (C=O) groups is 1. The molecule has 0 aliphatic carbocycles. The number of thiazole rings is 1. The number of ether oxygens (including phenoxy) is 3. The highest BCUT2D eigenvalue weighted by molar-refractivity contribution is 7.07. The quantitative estimate of drug-likeness (QED) is 0.0830. The molecule has 1 aromatic heterocycles. The molecule has 1 aliphatic heterocycles. The molecule has 1 atom stereocenters. The summed E-state index contributed by atoms with van der Waals surface area (Å²) >= 11 is 1.24. The lowest BCUT2D eigenvalue weighted by Gasteiger charge is -2.24. The third-order valence-electron chi connectivity index (χ3n) is 7.56. The van der Waals surface area contributed by atoms with Crippen molar-refractivity contribution in [2.75, 3.05) is 13.2 Å². The van der Waals surface area contributed by atoms with Crippen LogP contribution in [0, 0.1) is 17.0 Å². The Kier molecular flexibility index (Phi) is 10.2. The number of hydrogen-bond donors (Lipinski definition) is 0. The lowest BCUT2D eigenvalue weighted by Crippen LogP contribution is -2.39. The molecule has 5 rings (SSSR count). The van der Waals surface area contributed by atoms with Gasteiger partial charge in [-0.3, -0.25) is 19.5 Å². The highest BCUT2D eigenvalue weighted by atomic mass is 32.1. The van der Waals surface area contributed by atoms with Gasteiger partial charge in [0, 0.05) is 17.7 Å². The van der Waals surface area contributed by atoms with Crippen molar-refractivity contribution in [1.29, 1.82) is 0 Å². The summed E-state index contributed by atoms with van der Waals surface area (Å²) in [5.41, 5.74) is 4.66. The van der Waals surface area contributed by atoms with Crippen LogP contribution < -0.4 is 24.4 Å². The number of benzene rings is 3. The van der Waals surface area contributed by atoms with Gasteiger partial charge in [-0.1, -0.05) is 47.2 Å². The summed E-state index contributed by atoms with van der Waals surface area (Å²) in [6, 6.07) is 16.9. The SMILES string of the molecule is C=CCc1cc(/C=c2/sc3n(c2=O)[C@H](c2ccc(C)cc2)C(C(=O)OCC)=C(C)N=3)cc(OCC)c1OCc1ccc([N+](=O)[O-])cc1. The Bertz CT molecular complexity index is 2040. The second kappa shape index (κ2) is 14.4. The zero-order valence-electron chi connectivity index (χ0n) is 26.6. The molecule has 10 nitrogen and oxygen atoms in total. The molecule has 0 fully saturated rings. The molecule has 4 aromatic rings. The summed E-state index contributed by atoms with van der Waals surface area (Å²) < 4.78 is 19.6. The van der Waals surface area contributed by atoms with Gasteiger partial charge in [0.1, 0.15) is 6.61 Å². The van der Waals surface area contributed by atoms with Crippen LogP contribution in [0.4, 0.5) is 5.69 Å². The van der Waals surface area contributed by atoms with Crippen molar-refractivity contribution in [2.24, 2.45) is 4.99 Å². The normalized spacial score (nSPS) is 14.3. The largest absolute Gasteiger partial charge is 0.490 e. The van der Waals surface area contributed by atoms with Gasteiger partial charge in [0.25, 0.3) is 11.2 Å². The Morgan fingerprint density at radius 2 is 1.79 bits per heavy atom. The number of carbonyl (C=O) groups excluding carboxylic acids is 1. The molecular formula is C36H35N3O7S. The van der Waals surface area contributed by atoms with E-state index in [-0.39, 0.29) is 24.5 Å². The first-order valence-corrected chi connectivity index (χ1v) is 16.0. The summed E-state index contributed by atoms with van der Waals surface area (Å²) in [6.07, 6.45) is 4.01. The maximum absolute atomic E-state index is 14.1. The maximum Gasteiger partial charge on any atom is 0.338 e. The van der Waals surface area contributed by atoms with Gasteiger partial charge in [-0.25, -0.2) is 9.79 Å². The van der Waals surface area contributed by atoms with Gasteiger partial charge >= 0.3 is 5.97 Å². The molecule has 242 valence electrons. The van der Waals surface area contributed by atoms with E-state index in [4.69, 9.17) is 14.2 Å². The van der Waals surface area contributed by atoms with Crippen LogP contribution in [-0.4, -0.2) is 28.7 Å². The predicted molar refractivity (Wildman–Crippen MR) is 181 cm³/mol. The van der Waals surface area contributed by atoms with Gasteiger partial charge in [0.2, 0.25) is 0 Å². The van der Waals surface area contributed by atoms with Crippen LogP contribution in [0.15, 0.2) is 94.4 Å². The highest BCUT2D eigenvalue weighted by Gasteiger charge is 2.33. The van der Waals surface area contributed by atoms with Crippen LogP contribution in [0.1, 0.15) is 54.6 Å². The Hall–Kier alpha value is -5.29. The minimum atomic E-state index is -0.696. The van der Waals surface area contributed by atoms with Gasteiger partial charge in [-0.2, -0.15) is 0 Å². The lowest BCUT2D eigenvalue weighted by molar-refractivity contribution is -0.384.